The maximum atomic E-state index is 12.2. The van der Waals surface area contributed by atoms with Gasteiger partial charge in [-0.1, -0.05) is 36.4 Å². The summed E-state index contributed by atoms with van der Waals surface area (Å²) in [6, 6.07) is 18.7. The van der Waals surface area contributed by atoms with Crippen molar-refractivity contribution in [3.63, 3.8) is 0 Å². The van der Waals surface area contributed by atoms with Crippen LogP contribution >= 0.6 is 15.9 Å². The van der Waals surface area contributed by atoms with Gasteiger partial charge in [0, 0.05) is 27.2 Å². The Bertz CT molecular complexity index is 1290. The van der Waals surface area contributed by atoms with E-state index in [1.54, 1.807) is 30.3 Å². The van der Waals surface area contributed by atoms with Crippen molar-refractivity contribution in [2.45, 2.75) is 13.0 Å². The van der Waals surface area contributed by atoms with Gasteiger partial charge >= 0.3 is 0 Å². The molecule has 0 bridgehead atoms. The van der Waals surface area contributed by atoms with Gasteiger partial charge in [-0.25, -0.2) is 5.43 Å². The number of amides is 1. The van der Waals surface area contributed by atoms with E-state index in [1.165, 1.54) is 31.5 Å². The number of para-hydroxylation sites is 1. The number of hydrogen-bond donors (Lipinski definition) is 1. The molecule has 3 rings (SSSR count). The summed E-state index contributed by atoms with van der Waals surface area (Å²) >= 11 is 3.44. The van der Waals surface area contributed by atoms with E-state index in [4.69, 9.17) is 9.47 Å². The summed E-state index contributed by atoms with van der Waals surface area (Å²) in [5.41, 5.74) is 4.42. The fourth-order valence-corrected chi connectivity index (χ4v) is 3.48. The maximum Gasteiger partial charge on any atom is 0.273 e. The lowest BCUT2D eigenvalue weighted by molar-refractivity contribution is -0.385. The van der Waals surface area contributed by atoms with E-state index in [9.17, 15) is 20.2 Å². The van der Waals surface area contributed by atoms with Gasteiger partial charge in [-0.15, -0.1) is 0 Å². The SMILES string of the molecule is COc1cc(/C=N/NC(=O)Cc2ccccc2[N+](=O)[O-])c(Br)cc1OCc1ccccc1C#N. The van der Waals surface area contributed by atoms with E-state index < -0.39 is 10.8 Å². The molecular formula is C24H19BrN4O5. The van der Waals surface area contributed by atoms with Gasteiger partial charge in [0.15, 0.2) is 11.5 Å². The van der Waals surface area contributed by atoms with Crippen LogP contribution in [-0.2, 0) is 17.8 Å². The molecule has 0 heterocycles. The number of hydrogen-bond acceptors (Lipinski definition) is 7. The van der Waals surface area contributed by atoms with Gasteiger partial charge in [0.2, 0.25) is 5.91 Å². The summed E-state index contributed by atoms with van der Waals surface area (Å²) < 4.78 is 11.9. The Morgan fingerprint density at radius 2 is 1.88 bits per heavy atom. The first-order valence-electron chi connectivity index (χ1n) is 9.95. The number of ether oxygens (including phenoxy) is 2. The van der Waals surface area contributed by atoms with Crippen LogP contribution in [0, 0.1) is 21.4 Å². The van der Waals surface area contributed by atoms with Crippen LogP contribution in [0.4, 0.5) is 5.69 Å². The van der Waals surface area contributed by atoms with Gasteiger partial charge in [0.25, 0.3) is 5.69 Å². The van der Waals surface area contributed by atoms with Gasteiger partial charge in [-0.05, 0) is 34.1 Å². The summed E-state index contributed by atoms with van der Waals surface area (Å²) in [6.07, 6.45) is 1.23. The average molecular weight is 523 g/mol. The molecule has 0 saturated carbocycles. The second kappa shape index (κ2) is 11.6. The van der Waals surface area contributed by atoms with Crippen molar-refractivity contribution in [1.29, 1.82) is 5.26 Å². The molecule has 1 N–H and O–H groups in total. The summed E-state index contributed by atoms with van der Waals surface area (Å²) in [5.74, 6) is 0.398. The zero-order valence-electron chi connectivity index (χ0n) is 18.0. The molecule has 172 valence electrons. The van der Waals surface area contributed by atoms with E-state index in [0.717, 1.165) is 5.56 Å². The third kappa shape index (κ3) is 6.17. The largest absolute Gasteiger partial charge is 0.493 e. The van der Waals surface area contributed by atoms with Crippen LogP contribution in [0.3, 0.4) is 0 Å². The minimum Gasteiger partial charge on any atom is -0.493 e. The van der Waals surface area contributed by atoms with Crippen LogP contribution in [-0.4, -0.2) is 24.2 Å². The number of nitriles is 1. The van der Waals surface area contributed by atoms with Crippen LogP contribution in [0.1, 0.15) is 22.3 Å². The average Bonchev–Trinajstić information content (AvgIpc) is 2.84. The molecule has 0 aromatic heterocycles. The summed E-state index contributed by atoms with van der Waals surface area (Å²) in [5, 5.41) is 24.3. The molecular weight excluding hydrogens is 504 g/mol. The molecule has 0 aliphatic heterocycles. The van der Waals surface area contributed by atoms with Crippen LogP contribution in [0.15, 0.2) is 70.2 Å². The minimum atomic E-state index is -0.530. The van der Waals surface area contributed by atoms with Crippen LogP contribution < -0.4 is 14.9 Å². The fourth-order valence-electron chi connectivity index (χ4n) is 3.06. The molecule has 0 aliphatic rings. The molecule has 0 aliphatic carbocycles. The van der Waals surface area contributed by atoms with E-state index in [0.29, 0.717) is 32.7 Å². The second-order valence-corrected chi connectivity index (χ2v) is 7.79. The first-order valence-corrected chi connectivity index (χ1v) is 10.7. The molecule has 0 atom stereocenters. The van der Waals surface area contributed by atoms with Crippen molar-refractivity contribution in [3.8, 4) is 17.6 Å². The van der Waals surface area contributed by atoms with Crippen molar-refractivity contribution in [2.24, 2.45) is 5.10 Å². The summed E-state index contributed by atoms with van der Waals surface area (Å²) in [7, 11) is 1.49. The molecule has 3 aromatic rings. The summed E-state index contributed by atoms with van der Waals surface area (Å²) in [6.45, 7) is 0.182. The van der Waals surface area contributed by atoms with Crippen LogP contribution in [0.5, 0.6) is 11.5 Å². The predicted molar refractivity (Wildman–Crippen MR) is 129 cm³/mol. The number of nitro groups is 1. The molecule has 9 nitrogen and oxygen atoms in total. The number of benzene rings is 3. The van der Waals surface area contributed by atoms with E-state index in [2.05, 4.69) is 32.5 Å². The number of nitrogens with zero attached hydrogens (tertiary/aromatic N) is 3. The third-order valence-corrected chi connectivity index (χ3v) is 5.42. The molecule has 1 amide bonds. The first-order chi connectivity index (χ1) is 16.4. The molecule has 0 spiro atoms. The minimum absolute atomic E-state index is 0.123. The molecule has 0 saturated heterocycles. The highest BCUT2D eigenvalue weighted by molar-refractivity contribution is 9.10. The topological polar surface area (TPSA) is 127 Å². The van der Waals surface area contributed by atoms with Gasteiger partial charge in [-0.3, -0.25) is 14.9 Å². The van der Waals surface area contributed by atoms with Crippen molar-refractivity contribution >= 4 is 33.7 Å². The normalized spacial score (nSPS) is 10.5. The zero-order chi connectivity index (χ0) is 24.5. The number of nitrogens with one attached hydrogen (secondary N) is 1. The molecule has 34 heavy (non-hydrogen) atoms. The fraction of sp³-hybridized carbons (Fsp3) is 0.125. The Morgan fingerprint density at radius 1 is 1.18 bits per heavy atom. The molecule has 0 fully saturated rings. The number of methoxy groups -OCH3 is 1. The van der Waals surface area contributed by atoms with E-state index in [-0.39, 0.29) is 18.7 Å². The molecule has 10 heteroatoms. The van der Waals surface area contributed by atoms with Crippen molar-refractivity contribution < 1.29 is 19.2 Å². The van der Waals surface area contributed by atoms with Crippen LogP contribution in [0.25, 0.3) is 0 Å². The Morgan fingerprint density at radius 3 is 2.59 bits per heavy atom. The highest BCUT2D eigenvalue weighted by atomic mass is 79.9. The van der Waals surface area contributed by atoms with Crippen molar-refractivity contribution in [1.82, 2.24) is 5.43 Å². The third-order valence-electron chi connectivity index (χ3n) is 4.74. The smallest absolute Gasteiger partial charge is 0.273 e. The maximum absolute atomic E-state index is 12.2. The lowest BCUT2D eigenvalue weighted by Crippen LogP contribution is -2.20. The number of halogens is 1. The Balaban J connectivity index is 1.68. The molecule has 0 radical (unpaired) electrons. The highest BCUT2D eigenvalue weighted by Gasteiger charge is 2.15. The molecule has 0 unspecified atom stereocenters. The monoisotopic (exact) mass is 522 g/mol. The quantitative estimate of drug-likeness (QED) is 0.250. The number of hydrazone groups is 1. The number of nitro benzene ring substituents is 1. The number of carbonyl (C=O) groups is 1. The highest BCUT2D eigenvalue weighted by Crippen LogP contribution is 2.33. The Labute approximate surface area is 203 Å². The van der Waals surface area contributed by atoms with Gasteiger partial charge in [-0.2, -0.15) is 10.4 Å². The second-order valence-electron chi connectivity index (χ2n) is 6.94. The summed E-state index contributed by atoms with van der Waals surface area (Å²) in [4.78, 5) is 22.7. The number of rotatable bonds is 9. The lowest BCUT2D eigenvalue weighted by atomic mass is 10.1. The van der Waals surface area contributed by atoms with Crippen molar-refractivity contribution in [2.75, 3.05) is 7.11 Å². The zero-order valence-corrected chi connectivity index (χ0v) is 19.6. The van der Waals surface area contributed by atoms with Gasteiger partial charge in [0.05, 0.1) is 36.3 Å². The van der Waals surface area contributed by atoms with E-state index in [1.807, 2.05) is 12.1 Å². The van der Waals surface area contributed by atoms with Gasteiger partial charge < -0.3 is 9.47 Å². The van der Waals surface area contributed by atoms with Gasteiger partial charge in [0.1, 0.15) is 6.61 Å². The Kier molecular flexibility index (Phi) is 8.32. The van der Waals surface area contributed by atoms with Crippen LogP contribution in [0.2, 0.25) is 0 Å². The molecule has 3 aromatic carbocycles. The lowest BCUT2D eigenvalue weighted by Gasteiger charge is -2.13. The van der Waals surface area contributed by atoms with Crippen molar-refractivity contribution in [3.05, 3.63) is 97.5 Å². The standard InChI is InChI=1S/C24H19BrN4O5/c1-33-22-10-19(14-27-28-24(30)11-16-6-4-5-9-21(16)29(31)32)20(25)12-23(22)34-15-18-8-3-2-7-17(18)13-26/h2-10,12,14H,11,15H2,1H3,(H,28,30)/b27-14+. The van der Waals surface area contributed by atoms with E-state index >= 15 is 0 Å². The Hall–Kier alpha value is -4.23. The number of carbonyl (C=O) groups excluding carboxylic acids is 1. The first kappa shape index (κ1) is 24.4. The predicted octanol–water partition coefficient (Wildman–Crippen LogP) is 4.51.